The Hall–Kier alpha value is -0.770. The topological polar surface area (TPSA) is 73.1 Å². The minimum atomic E-state index is -0.793. The maximum atomic E-state index is 9.79. The molecular weight excluding hydrogens is 108 g/mol. The first-order chi connectivity index (χ1) is 3.77. The molecule has 0 saturated heterocycles. The average molecular weight is 117 g/mol. The lowest BCUT2D eigenvalue weighted by atomic mass is 10.5. The highest BCUT2D eigenvalue weighted by atomic mass is 16.3. The van der Waals surface area contributed by atoms with Crippen LogP contribution in [-0.2, 0) is 0 Å². The summed E-state index contributed by atoms with van der Waals surface area (Å²) < 4.78 is 0. The molecule has 0 aliphatic rings. The van der Waals surface area contributed by atoms with Crippen LogP contribution in [0.4, 0.5) is 4.79 Å². The van der Waals surface area contributed by atoms with Gasteiger partial charge >= 0.3 is 6.03 Å². The molecule has 2 amide bonds. The Kier molecular flexibility index (Phi) is 3.97. The largest absolute Gasteiger partial charge is 0.396 e. The first-order valence-corrected chi connectivity index (χ1v) is 2.37. The van der Waals surface area contributed by atoms with E-state index in [9.17, 15) is 4.79 Å². The normalized spacial score (nSPS) is 8.62. The van der Waals surface area contributed by atoms with Crippen molar-refractivity contribution in [1.29, 1.82) is 0 Å². The van der Waals surface area contributed by atoms with Gasteiger partial charge in [0.1, 0.15) is 0 Å². The maximum absolute atomic E-state index is 9.79. The monoisotopic (exact) mass is 117 g/mol. The van der Waals surface area contributed by atoms with Gasteiger partial charge in [-0.15, -0.1) is 0 Å². The number of aliphatic hydroxyl groups excluding tert-OH is 1. The molecule has 0 saturated carbocycles. The Morgan fingerprint density at radius 2 is 2.38 bits per heavy atom. The van der Waals surface area contributed by atoms with E-state index in [2.05, 4.69) is 5.32 Å². The van der Waals surface area contributed by atoms with E-state index in [1.165, 1.54) is 0 Å². The number of amides is 2. The highest BCUT2D eigenvalue weighted by molar-refractivity contribution is 5.70. The van der Waals surface area contributed by atoms with E-state index >= 15 is 0 Å². The smallest absolute Gasteiger partial charge is 0.333 e. The van der Waals surface area contributed by atoms with Crippen molar-refractivity contribution in [1.82, 2.24) is 11.1 Å². The third-order valence-electron chi connectivity index (χ3n) is 0.620. The second-order valence-corrected chi connectivity index (χ2v) is 1.33. The van der Waals surface area contributed by atoms with Crippen molar-refractivity contribution in [3.8, 4) is 0 Å². The van der Waals surface area contributed by atoms with Crippen molar-refractivity contribution in [2.45, 2.75) is 6.42 Å². The van der Waals surface area contributed by atoms with Gasteiger partial charge in [0, 0.05) is 13.2 Å². The third kappa shape index (κ3) is 5.23. The molecule has 4 heteroatoms. The Balaban J connectivity index is 2.82. The lowest BCUT2D eigenvalue weighted by Gasteiger charge is -1.94. The van der Waals surface area contributed by atoms with Gasteiger partial charge in [0.15, 0.2) is 0 Å². The molecule has 3 N–H and O–H groups in total. The summed E-state index contributed by atoms with van der Waals surface area (Å²) in [4.78, 5) is 9.79. The summed E-state index contributed by atoms with van der Waals surface area (Å²) in [6.07, 6.45) is 0.518. The van der Waals surface area contributed by atoms with E-state index in [0.29, 0.717) is 13.0 Å². The predicted octanol–water partition coefficient (Wildman–Crippen LogP) is -0.639. The number of nitrogens with one attached hydrogen (secondary N) is 2. The molecule has 8 heavy (non-hydrogen) atoms. The molecule has 0 aliphatic carbocycles. The molecular formula is C4H9N2O2. The summed E-state index contributed by atoms with van der Waals surface area (Å²) >= 11 is 0. The molecule has 0 spiro atoms. The summed E-state index contributed by atoms with van der Waals surface area (Å²) in [6, 6.07) is -0.793. The molecule has 4 nitrogen and oxygen atoms in total. The van der Waals surface area contributed by atoms with Crippen LogP contribution in [0.15, 0.2) is 0 Å². The van der Waals surface area contributed by atoms with Gasteiger partial charge in [0.25, 0.3) is 0 Å². The quantitative estimate of drug-likeness (QED) is 0.482. The van der Waals surface area contributed by atoms with E-state index in [1.54, 1.807) is 0 Å². The SMILES string of the molecule is [NH]C(=O)NCCCO. The molecule has 0 fully saturated rings. The van der Waals surface area contributed by atoms with Crippen LogP contribution in [0.1, 0.15) is 6.42 Å². The minimum absolute atomic E-state index is 0.0558. The van der Waals surface area contributed by atoms with Crippen LogP contribution in [0.25, 0.3) is 0 Å². The van der Waals surface area contributed by atoms with Crippen LogP contribution in [0.3, 0.4) is 0 Å². The first kappa shape index (κ1) is 7.23. The molecule has 0 aromatic carbocycles. The standard InChI is InChI=1S/C4H9N2O2/c5-4(8)6-2-1-3-7/h5,7H,1-3H2,(H,6,8). The van der Waals surface area contributed by atoms with Crippen LogP contribution in [0, 0.1) is 0 Å². The zero-order chi connectivity index (χ0) is 6.41. The van der Waals surface area contributed by atoms with Crippen molar-refractivity contribution in [2.75, 3.05) is 13.2 Å². The Bertz CT molecular complexity index is 74.4. The van der Waals surface area contributed by atoms with Crippen LogP contribution < -0.4 is 11.1 Å². The van der Waals surface area contributed by atoms with Crippen molar-refractivity contribution in [3.05, 3.63) is 0 Å². The van der Waals surface area contributed by atoms with Gasteiger partial charge in [-0.1, -0.05) is 0 Å². The van der Waals surface area contributed by atoms with Crippen molar-refractivity contribution >= 4 is 6.03 Å². The number of carbonyl (C=O) groups excluding carboxylic acids is 1. The molecule has 0 heterocycles. The number of hydrogen-bond donors (Lipinski definition) is 2. The van der Waals surface area contributed by atoms with Crippen molar-refractivity contribution < 1.29 is 9.90 Å². The lowest BCUT2D eigenvalue weighted by Crippen LogP contribution is -2.23. The van der Waals surface area contributed by atoms with Gasteiger partial charge in [-0.05, 0) is 6.42 Å². The summed E-state index contributed by atoms with van der Waals surface area (Å²) in [5.41, 5.74) is 6.32. The lowest BCUT2D eigenvalue weighted by molar-refractivity contribution is 0.244. The summed E-state index contributed by atoms with van der Waals surface area (Å²) in [7, 11) is 0. The van der Waals surface area contributed by atoms with Crippen LogP contribution in [-0.4, -0.2) is 24.3 Å². The third-order valence-corrected chi connectivity index (χ3v) is 0.620. The van der Waals surface area contributed by atoms with Gasteiger partial charge in [0.2, 0.25) is 0 Å². The number of urea groups is 1. The highest BCUT2D eigenvalue weighted by Gasteiger charge is 1.88. The fraction of sp³-hybridized carbons (Fsp3) is 0.750. The van der Waals surface area contributed by atoms with E-state index in [0.717, 1.165) is 0 Å². The fourth-order valence-corrected chi connectivity index (χ4v) is 0.281. The zero-order valence-electron chi connectivity index (χ0n) is 4.48. The molecule has 0 aliphatic heterocycles. The summed E-state index contributed by atoms with van der Waals surface area (Å²) in [5, 5.41) is 10.4. The highest BCUT2D eigenvalue weighted by Crippen LogP contribution is 1.69. The fourth-order valence-electron chi connectivity index (χ4n) is 0.281. The molecule has 0 rings (SSSR count). The van der Waals surface area contributed by atoms with Gasteiger partial charge in [-0.2, -0.15) is 0 Å². The Morgan fingerprint density at radius 1 is 1.75 bits per heavy atom. The van der Waals surface area contributed by atoms with Crippen LogP contribution >= 0.6 is 0 Å². The molecule has 47 valence electrons. The first-order valence-electron chi connectivity index (χ1n) is 2.37. The second-order valence-electron chi connectivity index (χ2n) is 1.33. The van der Waals surface area contributed by atoms with Gasteiger partial charge in [-0.25, -0.2) is 10.5 Å². The Labute approximate surface area is 47.7 Å². The summed E-state index contributed by atoms with van der Waals surface area (Å²) in [6.45, 7) is 0.444. The number of aliphatic hydroxyl groups is 1. The number of hydrogen-bond acceptors (Lipinski definition) is 2. The van der Waals surface area contributed by atoms with E-state index < -0.39 is 6.03 Å². The van der Waals surface area contributed by atoms with Gasteiger partial charge in [0.05, 0.1) is 0 Å². The number of rotatable bonds is 3. The summed E-state index contributed by atoms with van der Waals surface area (Å²) in [5.74, 6) is 0. The predicted molar refractivity (Wildman–Crippen MR) is 28.2 cm³/mol. The van der Waals surface area contributed by atoms with E-state index in [1.807, 2.05) is 0 Å². The maximum Gasteiger partial charge on any atom is 0.333 e. The van der Waals surface area contributed by atoms with Gasteiger partial charge in [-0.3, -0.25) is 0 Å². The second kappa shape index (κ2) is 4.39. The van der Waals surface area contributed by atoms with Crippen molar-refractivity contribution in [2.24, 2.45) is 0 Å². The zero-order valence-corrected chi connectivity index (χ0v) is 4.48. The molecule has 0 atom stereocenters. The molecule has 0 bridgehead atoms. The van der Waals surface area contributed by atoms with E-state index in [-0.39, 0.29) is 6.61 Å². The van der Waals surface area contributed by atoms with Crippen LogP contribution in [0.5, 0.6) is 0 Å². The average Bonchev–Trinajstić information content (AvgIpc) is 1.66. The minimum Gasteiger partial charge on any atom is -0.396 e. The van der Waals surface area contributed by atoms with Crippen molar-refractivity contribution in [3.63, 3.8) is 0 Å². The number of carbonyl (C=O) groups is 1. The van der Waals surface area contributed by atoms with Crippen LogP contribution in [0.2, 0.25) is 0 Å². The molecule has 0 unspecified atom stereocenters. The Morgan fingerprint density at radius 3 is 2.75 bits per heavy atom. The molecule has 0 aromatic rings. The van der Waals surface area contributed by atoms with Gasteiger partial charge < -0.3 is 10.4 Å². The molecule has 0 aromatic heterocycles. The van der Waals surface area contributed by atoms with E-state index in [4.69, 9.17) is 10.8 Å². The molecule has 1 radical (unpaired) electrons.